The second kappa shape index (κ2) is 7.95. The molecule has 0 aromatic rings. The van der Waals surface area contributed by atoms with Gasteiger partial charge in [-0.1, -0.05) is 32.1 Å². The largest absolute Gasteiger partial charge is 0.450 e. The van der Waals surface area contributed by atoms with Crippen molar-refractivity contribution >= 4 is 12.0 Å². The lowest BCUT2D eigenvalue weighted by Crippen LogP contribution is -2.47. The highest BCUT2D eigenvalue weighted by Gasteiger charge is 2.25. The minimum absolute atomic E-state index is 0.145. The summed E-state index contributed by atoms with van der Waals surface area (Å²) in [6.45, 7) is 2.06. The molecule has 1 saturated carbocycles. The van der Waals surface area contributed by atoms with Gasteiger partial charge in [-0.3, -0.25) is 4.79 Å². The molecule has 1 aliphatic carbocycles. The van der Waals surface area contributed by atoms with Crippen LogP contribution in [0.25, 0.3) is 0 Å². The third kappa shape index (κ3) is 4.94. The molecule has 5 nitrogen and oxygen atoms in total. The number of hydrogen-bond donors (Lipinski definition) is 2. The summed E-state index contributed by atoms with van der Waals surface area (Å²) in [5.41, 5.74) is 0. The second-order valence-electron chi connectivity index (χ2n) is 4.77. The van der Waals surface area contributed by atoms with Crippen molar-refractivity contribution in [2.45, 2.75) is 51.5 Å². The Morgan fingerprint density at radius 1 is 1.28 bits per heavy atom. The molecule has 0 aliphatic heterocycles. The molecule has 104 valence electrons. The van der Waals surface area contributed by atoms with Crippen LogP contribution in [0.2, 0.25) is 0 Å². The third-order valence-corrected chi connectivity index (χ3v) is 3.42. The van der Waals surface area contributed by atoms with Crippen LogP contribution in [0.4, 0.5) is 4.79 Å². The summed E-state index contributed by atoms with van der Waals surface area (Å²) in [5, 5.41) is 5.24. The molecule has 1 fully saturated rings. The predicted octanol–water partition coefficient (Wildman–Crippen LogP) is 1.82. The van der Waals surface area contributed by atoms with E-state index in [9.17, 15) is 9.59 Å². The smallest absolute Gasteiger partial charge is 0.407 e. The first-order valence-electron chi connectivity index (χ1n) is 6.82. The Labute approximate surface area is 109 Å². The fourth-order valence-corrected chi connectivity index (χ4v) is 2.48. The summed E-state index contributed by atoms with van der Waals surface area (Å²) in [6.07, 6.45) is 6.23. The first-order chi connectivity index (χ1) is 8.67. The summed E-state index contributed by atoms with van der Waals surface area (Å²) in [6, 6.07) is -0.475. The fraction of sp³-hybridized carbons (Fsp3) is 0.846. The molecule has 2 N–H and O–H groups in total. The molecule has 0 saturated heterocycles. The first-order valence-corrected chi connectivity index (χ1v) is 6.82. The van der Waals surface area contributed by atoms with E-state index in [0.29, 0.717) is 18.9 Å². The first kappa shape index (κ1) is 14.8. The van der Waals surface area contributed by atoms with Crippen molar-refractivity contribution < 1.29 is 14.3 Å². The molecule has 1 rings (SSSR count). The summed E-state index contributed by atoms with van der Waals surface area (Å²) in [5.74, 6) is 0.386. The van der Waals surface area contributed by atoms with Crippen molar-refractivity contribution in [3.8, 4) is 0 Å². The Morgan fingerprint density at radius 2 is 1.94 bits per heavy atom. The SMILES string of the molecule is CCOC(=O)N[C@@H](CC1CCCCC1)C(=O)NC. The summed E-state index contributed by atoms with van der Waals surface area (Å²) in [7, 11) is 1.59. The van der Waals surface area contributed by atoms with Gasteiger partial charge in [-0.25, -0.2) is 4.79 Å². The quantitative estimate of drug-likeness (QED) is 0.788. The van der Waals surface area contributed by atoms with Crippen LogP contribution in [0, 0.1) is 5.92 Å². The van der Waals surface area contributed by atoms with Gasteiger partial charge in [-0.05, 0) is 19.3 Å². The molecule has 1 atom stereocenters. The average molecular weight is 256 g/mol. The molecule has 0 spiro atoms. The molecule has 18 heavy (non-hydrogen) atoms. The van der Waals surface area contributed by atoms with Crippen LogP contribution in [0.15, 0.2) is 0 Å². The van der Waals surface area contributed by atoms with Gasteiger partial charge in [-0.2, -0.15) is 0 Å². The van der Waals surface area contributed by atoms with E-state index < -0.39 is 12.1 Å². The van der Waals surface area contributed by atoms with Gasteiger partial charge >= 0.3 is 6.09 Å². The Balaban J connectivity index is 2.48. The van der Waals surface area contributed by atoms with Crippen molar-refractivity contribution in [2.75, 3.05) is 13.7 Å². The van der Waals surface area contributed by atoms with Crippen LogP contribution in [-0.4, -0.2) is 31.7 Å². The van der Waals surface area contributed by atoms with Crippen molar-refractivity contribution in [3.05, 3.63) is 0 Å². The molecular weight excluding hydrogens is 232 g/mol. The van der Waals surface area contributed by atoms with Gasteiger partial charge in [0.1, 0.15) is 6.04 Å². The Hall–Kier alpha value is -1.26. The molecule has 0 bridgehead atoms. The number of carbonyl (C=O) groups excluding carboxylic acids is 2. The van der Waals surface area contributed by atoms with Crippen LogP contribution in [-0.2, 0) is 9.53 Å². The van der Waals surface area contributed by atoms with Crippen molar-refractivity contribution in [2.24, 2.45) is 5.92 Å². The van der Waals surface area contributed by atoms with Crippen LogP contribution >= 0.6 is 0 Å². The van der Waals surface area contributed by atoms with Gasteiger partial charge in [0.25, 0.3) is 0 Å². The van der Waals surface area contributed by atoms with Gasteiger partial charge in [-0.15, -0.1) is 0 Å². The average Bonchev–Trinajstić information content (AvgIpc) is 2.38. The summed E-state index contributed by atoms with van der Waals surface area (Å²) < 4.78 is 4.83. The molecule has 0 aromatic carbocycles. The molecule has 1 aliphatic rings. The topological polar surface area (TPSA) is 67.4 Å². The van der Waals surface area contributed by atoms with Crippen LogP contribution in [0.5, 0.6) is 0 Å². The van der Waals surface area contributed by atoms with Crippen molar-refractivity contribution in [3.63, 3.8) is 0 Å². The van der Waals surface area contributed by atoms with E-state index in [2.05, 4.69) is 10.6 Å². The van der Waals surface area contributed by atoms with Gasteiger partial charge in [0.05, 0.1) is 6.61 Å². The highest BCUT2D eigenvalue weighted by Crippen LogP contribution is 2.27. The summed E-state index contributed by atoms with van der Waals surface area (Å²) in [4.78, 5) is 23.1. The van der Waals surface area contributed by atoms with Gasteiger partial charge in [0, 0.05) is 7.05 Å². The highest BCUT2D eigenvalue weighted by molar-refractivity contribution is 5.85. The lowest BCUT2D eigenvalue weighted by molar-refractivity contribution is -0.123. The molecule has 0 radical (unpaired) electrons. The minimum Gasteiger partial charge on any atom is -0.450 e. The molecular formula is C13H24N2O3. The number of ether oxygens (including phenoxy) is 1. The van der Waals surface area contributed by atoms with Crippen LogP contribution < -0.4 is 10.6 Å². The lowest BCUT2D eigenvalue weighted by Gasteiger charge is -2.26. The second-order valence-corrected chi connectivity index (χ2v) is 4.77. The van der Waals surface area contributed by atoms with E-state index in [4.69, 9.17) is 4.74 Å². The maximum absolute atomic E-state index is 11.7. The molecule has 0 aromatic heterocycles. The Morgan fingerprint density at radius 3 is 2.50 bits per heavy atom. The van der Waals surface area contributed by atoms with E-state index >= 15 is 0 Å². The zero-order chi connectivity index (χ0) is 13.4. The molecule has 2 amide bonds. The minimum atomic E-state index is -0.512. The Bertz CT molecular complexity index is 275. The van der Waals surface area contributed by atoms with Crippen molar-refractivity contribution in [1.82, 2.24) is 10.6 Å². The number of rotatable bonds is 5. The predicted molar refractivity (Wildman–Crippen MR) is 69.2 cm³/mol. The van der Waals surface area contributed by atoms with Crippen LogP contribution in [0.3, 0.4) is 0 Å². The van der Waals surface area contributed by atoms with Gasteiger partial charge in [0.15, 0.2) is 0 Å². The number of hydrogen-bond acceptors (Lipinski definition) is 3. The van der Waals surface area contributed by atoms with E-state index in [1.54, 1.807) is 14.0 Å². The zero-order valence-corrected chi connectivity index (χ0v) is 11.3. The summed E-state index contributed by atoms with van der Waals surface area (Å²) >= 11 is 0. The number of likely N-dealkylation sites (N-methyl/N-ethyl adjacent to an activating group) is 1. The molecule has 0 heterocycles. The number of nitrogens with one attached hydrogen (secondary N) is 2. The molecule has 5 heteroatoms. The maximum Gasteiger partial charge on any atom is 0.407 e. The normalized spacial score (nSPS) is 17.9. The zero-order valence-electron chi connectivity index (χ0n) is 11.3. The van der Waals surface area contributed by atoms with Gasteiger partial charge < -0.3 is 15.4 Å². The van der Waals surface area contributed by atoms with Gasteiger partial charge in [0.2, 0.25) is 5.91 Å². The standard InChI is InChI=1S/C13H24N2O3/c1-3-18-13(17)15-11(12(16)14-2)9-10-7-5-4-6-8-10/h10-11H,3-9H2,1-2H3,(H,14,16)(H,15,17)/t11-/m0/s1. The highest BCUT2D eigenvalue weighted by atomic mass is 16.5. The van der Waals surface area contributed by atoms with E-state index in [1.807, 2.05) is 0 Å². The van der Waals surface area contributed by atoms with Crippen LogP contribution in [0.1, 0.15) is 45.4 Å². The number of amides is 2. The number of alkyl carbamates (subject to hydrolysis) is 1. The van der Waals surface area contributed by atoms with E-state index in [-0.39, 0.29) is 5.91 Å². The lowest BCUT2D eigenvalue weighted by atomic mass is 9.84. The Kier molecular flexibility index (Phi) is 6.54. The number of carbonyl (C=O) groups is 2. The van der Waals surface area contributed by atoms with E-state index in [1.165, 1.54) is 19.3 Å². The molecule has 0 unspecified atom stereocenters. The monoisotopic (exact) mass is 256 g/mol. The fourth-order valence-electron chi connectivity index (χ4n) is 2.48. The third-order valence-electron chi connectivity index (χ3n) is 3.42. The van der Waals surface area contributed by atoms with Crippen molar-refractivity contribution in [1.29, 1.82) is 0 Å². The van der Waals surface area contributed by atoms with E-state index in [0.717, 1.165) is 12.8 Å². The maximum atomic E-state index is 11.7.